The van der Waals surface area contributed by atoms with Crippen molar-refractivity contribution in [3.05, 3.63) is 0 Å². The number of carbonyl (C=O) groups is 4. The van der Waals surface area contributed by atoms with Crippen molar-refractivity contribution in [1.82, 2.24) is 0 Å². The van der Waals surface area contributed by atoms with Crippen molar-refractivity contribution in [2.24, 2.45) is 11.8 Å². The van der Waals surface area contributed by atoms with Gasteiger partial charge in [0.25, 0.3) is 0 Å². The van der Waals surface area contributed by atoms with E-state index in [2.05, 4.69) is 41.5 Å². The van der Waals surface area contributed by atoms with Gasteiger partial charge < -0.3 is 33.8 Å². The van der Waals surface area contributed by atoms with Gasteiger partial charge in [0.1, 0.15) is 19.3 Å². The van der Waals surface area contributed by atoms with E-state index in [-0.39, 0.29) is 25.7 Å². The molecule has 0 heterocycles. The lowest BCUT2D eigenvalue weighted by atomic mass is 10.0. The average molecular weight is 1440 g/mol. The van der Waals surface area contributed by atoms with E-state index in [9.17, 15) is 43.2 Å². The van der Waals surface area contributed by atoms with Gasteiger partial charge in [-0.1, -0.05) is 363 Å². The van der Waals surface area contributed by atoms with Crippen LogP contribution in [0.5, 0.6) is 0 Å². The maximum absolute atomic E-state index is 13.1. The molecule has 17 nitrogen and oxygen atoms in total. The molecule has 0 spiro atoms. The Kier molecular flexibility index (Phi) is 69.3. The first-order valence-corrected chi connectivity index (χ1v) is 44.0. The Hall–Kier alpha value is -1.94. The SMILES string of the molecule is CCCCCCCCCCCCCCCCCCC(=O)OC[C@H](COP(=O)(O)OC[C@@H](O)COP(=O)(O)OC[C@@H](COC(=O)CCCCCCCCCC(C)C)OC(=O)CCCCCCCCCCCCCCCCC)OC(=O)CCCCCCCCCCCCCCCCC(C)C. The zero-order valence-electron chi connectivity index (χ0n) is 64.1. The van der Waals surface area contributed by atoms with Crippen molar-refractivity contribution < 1.29 is 80.2 Å². The Labute approximate surface area is 600 Å². The minimum atomic E-state index is -4.96. The molecule has 0 radical (unpaired) electrons. The molecule has 0 rings (SSSR count). The van der Waals surface area contributed by atoms with Crippen LogP contribution in [0.1, 0.15) is 414 Å². The van der Waals surface area contributed by atoms with Crippen molar-refractivity contribution in [2.45, 2.75) is 432 Å². The fourth-order valence-electron chi connectivity index (χ4n) is 12.2. The molecule has 0 aromatic heterocycles. The number of hydrogen-bond donors (Lipinski definition) is 3. The van der Waals surface area contributed by atoms with Crippen molar-refractivity contribution in [3.63, 3.8) is 0 Å². The first-order chi connectivity index (χ1) is 47.4. The van der Waals surface area contributed by atoms with Crippen molar-refractivity contribution >= 4 is 39.5 Å². The lowest BCUT2D eigenvalue weighted by Gasteiger charge is -2.21. The van der Waals surface area contributed by atoms with Gasteiger partial charge in [-0.15, -0.1) is 0 Å². The maximum atomic E-state index is 13.1. The Morgan fingerprint density at radius 3 is 0.694 bits per heavy atom. The van der Waals surface area contributed by atoms with Crippen LogP contribution in [0.2, 0.25) is 0 Å². The molecule has 98 heavy (non-hydrogen) atoms. The highest BCUT2D eigenvalue weighted by molar-refractivity contribution is 7.47. The lowest BCUT2D eigenvalue weighted by molar-refractivity contribution is -0.161. The maximum Gasteiger partial charge on any atom is 0.472 e. The van der Waals surface area contributed by atoms with Gasteiger partial charge in [-0.05, 0) is 37.5 Å². The highest BCUT2D eigenvalue weighted by Crippen LogP contribution is 2.45. The third-order valence-corrected chi connectivity index (χ3v) is 20.4. The quantitative estimate of drug-likeness (QED) is 0.0222. The largest absolute Gasteiger partial charge is 0.472 e. The van der Waals surface area contributed by atoms with Crippen LogP contribution in [-0.2, 0) is 65.4 Å². The Bertz CT molecular complexity index is 1890. The van der Waals surface area contributed by atoms with Crippen molar-refractivity contribution in [2.75, 3.05) is 39.6 Å². The predicted octanol–water partition coefficient (Wildman–Crippen LogP) is 23.5. The van der Waals surface area contributed by atoms with E-state index in [1.807, 2.05) is 0 Å². The summed E-state index contributed by atoms with van der Waals surface area (Å²) in [5.41, 5.74) is 0. The van der Waals surface area contributed by atoms with Crippen LogP contribution < -0.4 is 0 Å². The van der Waals surface area contributed by atoms with Gasteiger partial charge in [0.05, 0.1) is 26.4 Å². The molecular formula is C79H154O17P2. The number of aliphatic hydroxyl groups excluding tert-OH is 1. The van der Waals surface area contributed by atoms with E-state index in [0.717, 1.165) is 102 Å². The lowest BCUT2D eigenvalue weighted by Crippen LogP contribution is -2.30. The number of rotatable bonds is 78. The fraction of sp³-hybridized carbons (Fsp3) is 0.949. The van der Waals surface area contributed by atoms with E-state index in [4.69, 9.17) is 37.0 Å². The van der Waals surface area contributed by atoms with Crippen molar-refractivity contribution in [1.29, 1.82) is 0 Å². The number of phosphoric acid groups is 2. The highest BCUT2D eigenvalue weighted by Gasteiger charge is 2.30. The number of aliphatic hydroxyl groups is 1. The second-order valence-electron chi connectivity index (χ2n) is 29.4. The van der Waals surface area contributed by atoms with E-state index in [1.54, 1.807) is 0 Å². The van der Waals surface area contributed by atoms with Crippen LogP contribution in [0.4, 0.5) is 0 Å². The highest BCUT2D eigenvalue weighted by atomic mass is 31.2. The number of esters is 4. The monoisotopic (exact) mass is 1440 g/mol. The summed E-state index contributed by atoms with van der Waals surface area (Å²) in [7, 11) is -9.92. The third kappa shape index (κ3) is 72.4. The zero-order chi connectivity index (χ0) is 72.1. The van der Waals surface area contributed by atoms with Gasteiger partial charge in [0, 0.05) is 25.7 Å². The summed E-state index contributed by atoms with van der Waals surface area (Å²) >= 11 is 0. The number of carbonyl (C=O) groups excluding carboxylic acids is 4. The topological polar surface area (TPSA) is 237 Å². The molecule has 0 saturated carbocycles. The first-order valence-electron chi connectivity index (χ1n) is 41.0. The van der Waals surface area contributed by atoms with Crippen LogP contribution in [-0.4, -0.2) is 96.7 Å². The van der Waals surface area contributed by atoms with Gasteiger partial charge in [0.15, 0.2) is 12.2 Å². The van der Waals surface area contributed by atoms with E-state index in [0.29, 0.717) is 31.6 Å². The Morgan fingerprint density at radius 2 is 0.469 bits per heavy atom. The first kappa shape index (κ1) is 96.1. The van der Waals surface area contributed by atoms with Gasteiger partial charge in [-0.2, -0.15) is 0 Å². The molecule has 0 aliphatic carbocycles. The van der Waals surface area contributed by atoms with Gasteiger partial charge in [-0.25, -0.2) is 9.13 Å². The van der Waals surface area contributed by atoms with Crippen LogP contribution in [0.3, 0.4) is 0 Å². The molecule has 0 aromatic carbocycles. The number of unbranched alkanes of at least 4 members (excludes halogenated alkanes) is 48. The molecular weight excluding hydrogens is 1280 g/mol. The van der Waals surface area contributed by atoms with Crippen LogP contribution >= 0.6 is 15.6 Å². The summed E-state index contributed by atoms with van der Waals surface area (Å²) in [6, 6.07) is 0. The summed E-state index contributed by atoms with van der Waals surface area (Å²) in [6.07, 6.45) is 59.6. The molecule has 0 aromatic rings. The van der Waals surface area contributed by atoms with E-state index < -0.39 is 97.5 Å². The number of hydrogen-bond acceptors (Lipinski definition) is 15. The van der Waals surface area contributed by atoms with Gasteiger partial charge in [-0.3, -0.25) is 37.3 Å². The molecule has 0 fully saturated rings. The fourth-order valence-corrected chi connectivity index (χ4v) is 13.8. The third-order valence-electron chi connectivity index (χ3n) is 18.5. The summed E-state index contributed by atoms with van der Waals surface area (Å²) in [6.45, 7) is 9.60. The van der Waals surface area contributed by atoms with Gasteiger partial charge in [0.2, 0.25) is 0 Å². The van der Waals surface area contributed by atoms with E-state index in [1.165, 1.54) is 225 Å². The molecule has 582 valence electrons. The van der Waals surface area contributed by atoms with Crippen molar-refractivity contribution in [3.8, 4) is 0 Å². The van der Waals surface area contributed by atoms with Crippen LogP contribution in [0, 0.1) is 11.8 Å². The zero-order valence-corrected chi connectivity index (χ0v) is 65.9. The van der Waals surface area contributed by atoms with Gasteiger partial charge >= 0.3 is 39.5 Å². The molecule has 3 N–H and O–H groups in total. The molecule has 0 aliphatic rings. The average Bonchev–Trinajstić information content (AvgIpc) is 1.01. The summed E-state index contributed by atoms with van der Waals surface area (Å²) < 4.78 is 68.7. The predicted molar refractivity (Wildman–Crippen MR) is 400 cm³/mol. The molecule has 2 unspecified atom stereocenters. The number of ether oxygens (including phenoxy) is 4. The molecule has 0 saturated heterocycles. The number of phosphoric ester groups is 2. The minimum absolute atomic E-state index is 0.107. The van der Waals surface area contributed by atoms with Crippen LogP contribution in [0.25, 0.3) is 0 Å². The van der Waals surface area contributed by atoms with Crippen LogP contribution in [0.15, 0.2) is 0 Å². The summed E-state index contributed by atoms with van der Waals surface area (Å²) in [5, 5.41) is 10.6. The summed E-state index contributed by atoms with van der Waals surface area (Å²) in [4.78, 5) is 72.9. The second-order valence-corrected chi connectivity index (χ2v) is 32.3. The van der Waals surface area contributed by atoms with E-state index >= 15 is 0 Å². The molecule has 0 amide bonds. The minimum Gasteiger partial charge on any atom is -0.462 e. The Balaban J connectivity index is 5.25. The molecule has 19 heteroatoms. The second kappa shape index (κ2) is 70.7. The normalized spacial score (nSPS) is 13.9. The molecule has 0 aliphatic heterocycles. The molecule has 0 bridgehead atoms. The smallest absolute Gasteiger partial charge is 0.462 e. The Morgan fingerprint density at radius 1 is 0.276 bits per heavy atom. The standard InChI is InChI=1S/C79H154O17P2/c1-7-9-11-13-15-17-19-21-23-25-29-33-37-43-49-55-61-76(81)89-67-74(95-78(83)64-58-52-45-39-35-31-27-26-28-32-36-41-47-53-59-71(3)4)69-93-97(85,86)91-65-73(80)66-92-98(87,88)94-70-75(68-90-77(82)62-56-50-46-40-42-48-54-60-72(5)6)96-79(84)63-57-51-44-38-34-30-24-22-20-18-16-14-12-10-8-2/h71-75,80H,7-70H2,1-6H3,(H,85,86)(H,87,88)/t73-,74-,75-/m1/s1. The summed E-state index contributed by atoms with van der Waals surface area (Å²) in [5.74, 6) is -0.610. The molecule has 5 atom stereocenters.